The van der Waals surface area contributed by atoms with Gasteiger partial charge in [0, 0.05) is 6.42 Å². The van der Waals surface area contributed by atoms with Crippen LogP contribution in [0.3, 0.4) is 0 Å². The van der Waals surface area contributed by atoms with E-state index in [9.17, 15) is 167 Å². The van der Waals surface area contributed by atoms with Crippen molar-refractivity contribution in [3.8, 4) is 0 Å². The Bertz CT molecular complexity index is 1740. The number of aliphatic carboxylic acids is 1. The molecule has 0 saturated heterocycles. The largest absolute Gasteiger partial charge is 0.477 e. The Labute approximate surface area is 337 Å². The van der Waals surface area contributed by atoms with Gasteiger partial charge in [-0.1, -0.05) is 0 Å². The predicted octanol–water partition coefficient (Wildman–Crippen LogP) is 12.7. The first-order valence-corrected chi connectivity index (χ1v) is 15.4. The molecule has 0 amide bonds. The van der Waals surface area contributed by atoms with Gasteiger partial charge in [0.25, 0.3) is 0 Å². The van der Waals surface area contributed by atoms with E-state index in [4.69, 9.17) is 5.11 Å². The van der Waals surface area contributed by atoms with E-state index in [-0.39, 0.29) is 0 Å². The highest BCUT2D eigenvalue weighted by molar-refractivity contribution is 5.67. The number of likely N-dealkylation sites (N-methyl/N-ethyl adjacent to an activating group) is 1. The molecule has 0 aliphatic heterocycles. The third kappa shape index (κ3) is 8.12. The Morgan fingerprint density at radius 1 is 0.318 bits per heavy atom. The number of carboxylic acids is 1. The van der Waals surface area contributed by atoms with E-state index in [0.29, 0.717) is 0 Å². The zero-order chi connectivity index (χ0) is 54.6. The quantitative estimate of drug-likeness (QED) is 0.0629. The molecule has 40 heteroatoms. The molecule has 0 aliphatic rings. The van der Waals surface area contributed by atoms with Crippen molar-refractivity contribution in [1.82, 2.24) is 0 Å². The second-order valence-corrected chi connectivity index (χ2v) is 14.1. The fourth-order valence-corrected chi connectivity index (χ4v) is 4.66. The third-order valence-electron chi connectivity index (χ3n) is 8.80. The first-order valence-electron chi connectivity index (χ1n) is 15.4. The molecule has 3 nitrogen and oxygen atoms in total. The number of hydrogen-bond donors (Lipinski definition) is 1. The maximum absolute atomic E-state index is 14.2. The SMILES string of the molecule is C[N+](C)(CCCCC(F)(F)C(F)(F)C(F)(F)C(F)(F)C(F)(F)C(F)(F)C(F)(F)C(F)(F)C(F)(F)C(F)(F)C(F)(F)C(F)(F)C(F)(F)C(F)(F)C(F)(F)C(F)(F)C(F)(F)C(F)(F)F)CC(=O)O. The monoisotopic (exact) mass is 1080 g/mol. The van der Waals surface area contributed by atoms with E-state index in [0.717, 1.165) is 14.1 Å². The third-order valence-corrected chi connectivity index (χ3v) is 8.80. The van der Waals surface area contributed by atoms with E-state index in [1.165, 1.54) is 0 Å². The molecule has 0 aromatic rings. The number of rotatable bonds is 23. The molecule has 0 unspecified atom stereocenters. The molecule has 0 aromatic carbocycles. The second kappa shape index (κ2) is 16.2. The van der Waals surface area contributed by atoms with Crippen LogP contribution < -0.4 is 0 Å². The number of unbranched alkanes of at least 4 members (excludes halogenated alkanes) is 1. The van der Waals surface area contributed by atoms with Gasteiger partial charge in [0.2, 0.25) is 0 Å². The van der Waals surface area contributed by atoms with Crippen LogP contribution in [0.5, 0.6) is 0 Å². The molecule has 66 heavy (non-hydrogen) atoms. The summed E-state index contributed by atoms with van der Waals surface area (Å²) in [5, 5.41) is 8.64. The summed E-state index contributed by atoms with van der Waals surface area (Å²) in [7, 11) is 1.82. The molecule has 396 valence electrons. The van der Waals surface area contributed by atoms with Crippen LogP contribution >= 0.6 is 0 Å². The first-order chi connectivity index (χ1) is 27.9. The Hall–Kier alpha value is -3.16. The maximum Gasteiger partial charge on any atom is 0.460 e. The fourth-order valence-electron chi connectivity index (χ4n) is 4.66. The topological polar surface area (TPSA) is 37.3 Å². The van der Waals surface area contributed by atoms with E-state index in [1.54, 1.807) is 0 Å². The Morgan fingerprint density at radius 3 is 0.682 bits per heavy atom. The van der Waals surface area contributed by atoms with Gasteiger partial charge in [0.15, 0.2) is 6.54 Å². The highest BCUT2D eigenvalue weighted by atomic mass is 19.4. The lowest BCUT2D eigenvalue weighted by atomic mass is 9.82. The molecule has 0 atom stereocenters. The van der Waals surface area contributed by atoms with Crippen LogP contribution in [0.25, 0.3) is 0 Å². The standard InChI is InChI=1S/C26H16F37NO2/c1-64(2,7-8(65)66)6-4-3-5-9(27,28)10(29,30)11(31,32)12(33,34)13(35,36)14(37,38)15(39,40)16(41,42)17(43,44)18(45,46)19(47,48)20(49,50)21(51,52)22(53,54)23(55,56)24(57,58)25(59,60)26(61,62)63/h3-7H2,1-2H3/p+1. The van der Waals surface area contributed by atoms with Gasteiger partial charge in [0.05, 0.1) is 20.6 Å². The van der Waals surface area contributed by atoms with E-state index in [1.807, 2.05) is 0 Å². The molecular formula is C26H17F37NO2+. The van der Waals surface area contributed by atoms with Gasteiger partial charge in [-0.3, -0.25) is 0 Å². The molecule has 0 saturated carbocycles. The molecule has 0 aromatic heterocycles. The smallest absolute Gasteiger partial charge is 0.460 e. The van der Waals surface area contributed by atoms with Crippen molar-refractivity contribution in [2.45, 2.75) is 126 Å². The lowest BCUT2D eigenvalue weighted by Crippen LogP contribution is -2.80. The zero-order valence-electron chi connectivity index (χ0n) is 30.3. The van der Waals surface area contributed by atoms with E-state index < -0.39 is 150 Å². The highest BCUT2D eigenvalue weighted by Gasteiger charge is 3.02. The lowest BCUT2D eigenvalue weighted by Gasteiger charge is -2.47. The van der Waals surface area contributed by atoms with Crippen molar-refractivity contribution in [3.05, 3.63) is 0 Å². The Morgan fingerprint density at radius 2 is 0.500 bits per heavy atom. The summed E-state index contributed by atoms with van der Waals surface area (Å²) in [4.78, 5) is 10.7. The van der Waals surface area contributed by atoms with Crippen molar-refractivity contribution in [2.75, 3.05) is 27.2 Å². The zero-order valence-corrected chi connectivity index (χ0v) is 30.3. The number of alkyl halides is 37. The van der Waals surface area contributed by atoms with Gasteiger partial charge >= 0.3 is 113 Å². The van der Waals surface area contributed by atoms with Gasteiger partial charge in [-0.05, 0) is 12.8 Å². The number of hydrogen-bond acceptors (Lipinski definition) is 1. The van der Waals surface area contributed by atoms with E-state index in [2.05, 4.69) is 0 Å². The van der Waals surface area contributed by atoms with Gasteiger partial charge in [-0.2, -0.15) is 162 Å². The summed E-state index contributed by atoms with van der Waals surface area (Å²) in [6.07, 6.45) is -14.4. The minimum Gasteiger partial charge on any atom is -0.477 e. The molecule has 0 heterocycles. The number of nitrogens with zero attached hydrogens (tertiary/aromatic N) is 1. The van der Waals surface area contributed by atoms with Crippen molar-refractivity contribution in [3.63, 3.8) is 0 Å². The minimum absolute atomic E-state index is 0.794. The lowest BCUT2D eigenvalue weighted by molar-refractivity contribution is -0.883. The van der Waals surface area contributed by atoms with Crippen LogP contribution in [0, 0.1) is 0 Å². The molecule has 0 bridgehead atoms. The summed E-state index contributed by atoms with van der Waals surface area (Å²) < 4.78 is 508. The van der Waals surface area contributed by atoms with Crippen LogP contribution in [-0.2, 0) is 4.79 Å². The highest BCUT2D eigenvalue weighted by Crippen LogP contribution is 2.70. The maximum atomic E-state index is 14.2. The van der Waals surface area contributed by atoms with Crippen LogP contribution in [0.15, 0.2) is 0 Å². The van der Waals surface area contributed by atoms with Crippen LogP contribution in [0.2, 0.25) is 0 Å². The Kier molecular flexibility index (Phi) is 15.4. The summed E-state index contributed by atoms with van der Waals surface area (Å²) in [5.74, 6) is -167. The van der Waals surface area contributed by atoms with Gasteiger partial charge < -0.3 is 9.59 Å². The predicted molar refractivity (Wildman–Crippen MR) is 133 cm³/mol. The van der Waals surface area contributed by atoms with E-state index >= 15 is 0 Å². The summed E-state index contributed by atoms with van der Waals surface area (Å²) in [6, 6.07) is 0. The number of quaternary nitrogens is 1. The normalized spacial score (nSPS) is 16.8. The summed E-state index contributed by atoms with van der Waals surface area (Å²) in [5.41, 5.74) is 0. The molecular weight excluding hydrogens is 1060 g/mol. The molecule has 0 fully saturated rings. The number of carboxylic acid groups (broad SMARTS) is 1. The molecule has 0 aliphatic carbocycles. The summed E-state index contributed by atoms with van der Waals surface area (Å²) >= 11 is 0. The average Bonchev–Trinajstić information content (AvgIpc) is 3.07. The molecule has 0 spiro atoms. The van der Waals surface area contributed by atoms with Crippen molar-refractivity contribution < 1.29 is 177 Å². The number of halogens is 37. The molecule has 1 N–H and O–H groups in total. The van der Waals surface area contributed by atoms with Gasteiger partial charge in [0.1, 0.15) is 0 Å². The van der Waals surface area contributed by atoms with Crippen LogP contribution in [0.1, 0.15) is 19.3 Å². The Balaban J connectivity index is 7.59. The fraction of sp³-hybridized carbons (Fsp3) is 0.962. The first kappa shape index (κ1) is 62.8. The summed E-state index contributed by atoms with van der Waals surface area (Å²) in [6.45, 7) is -1.76. The van der Waals surface area contributed by atoms with Crippen molar-refractivity contribution in [2.24, 2.45) is 0 Å². The van der Waals surface area contributed by atoms with Crippen LogP contribution in [0.4, 0.5) is 162 Å². The average molecular weight is 1080 g/mol. The van der Waals surface area contributed by atoms with Crippen LogP contribution in [-0.4, -0.2) is 150 Å². The molecule has 0 radical (unpaired) electrons. The van der Waals surface area contributed by atoms with Gasteiger partial charge in [-0.15, -0.1) is 0 Å². The number of carbonyl (C=O) groups is 1. The molecule has 0 rings (SSSR count). The second-order valence-electron chi connectivity index (χ2n) is 14.1. The van der Waals surface area contributed by atoms with Gasteiger partial charge in [-0.25, -0.2) is 4.79 Å². The van der Waals surface area contributed by atoms with Crippen molar-refractivity contribution in [1.29, 1.82) is 0 Å². The minimum atomic E-state index is -10.4. The van der Waals surface area contributed by atoms with Crippen molar-refractivity contribution >= 4 is 5.97 Å².